The van der Waals surface area contributed by atoms with Gasteiger partial charge < -0.3 is 5.11 Å². The Kier molecular flexibility index (Phi) is 3.52. The number of aromatic hydroxyl groups is 1. The van der Waals surface area contributed by atoms with Crippen LogP contribution in [0.25, 0.3) is 20.9 Å². The Bertz CT molecular complexity index is 1050. The third-order valence-corrected chi connectivity index (χ3v) is 5.19. The molecule has 112 valence electrons. The molecule has 0 saturated heterocycles. The summed E-state index contributed by atoms with van der Waals surface area (Å²) in [7, 11) is 0. The fourth-order valence-corrected chi connectivity index (χ4v) is 3.82. The maximum atomic E-state index is 10.3. The van der Waals surface area contributed by atoms with Crippen molar-refractivity contribution < 1.29 is 5.11 Å². The van der Waals surface area contributed by atoms with Gasteiger partial charge in [-0.05, 0) is 24.3 Å². The first kappa shape index (κ1) is 14.2. The molecule has 2 nitrogen and oxygen atoms in total. The van der Waals surface area contributed by atoms with Crippen LogP contribution in [0, 0.1) is 0 Å². The zero-order chi connectivity index (χ0) is 15.8. The monoisotopic (exact) mass is 337 g/mol. The van der Waals surface area contributed by atoms with Crippen molar-refractivity contribution in [3.63, 3.8) is 0 Å². The summed E-state index contributed by atoms with van der Waals surface area (Å²) >= 11 is 7.76. The number of nitrogens with zero attached hydrogens (tertiary/aromatic N) is 1. The van der Waals surface area contributed by atoms with Crippen LogP contribution in [-0.4, -0.2) is 11.3 Å². The highest BCUT2D eigenvalue weighted by molar-refractivity contribution is 7.21. The van der Waals surface area contributed by atoms with E-state index in [1.165, 1.54) is 11.3 Å². The molecule has 4 heteroatoms. The van der Waals surface area contributed by atoms with Crippen LogP contribution in [0.1, 0.15) is 4.88 Å². The van der Waals surface area contributed by atoms with Crippen LogP contribution >= 0.6 is 22.9 Å². The molecule has 1 aromatic heterocycles. The highest BCUT2D eigenvalue weighted by atomic mass is 35.5. The van der Waals surface area contributed by atoms with Crippen LogP contribution in [0.5, 0.6) is 5.75 Å². The second kappa shape index (κ2) is 5.69. The van der Waals surface area contributed by atoms with Gasteiger partial charge in [0, 0.05) is 32.1 Å². The van der Waals surface area contributed by atoms with E-state index >= 15 is 0 Å². The molecule has 0 spiro atoms. The molecule has 0 bridgehead atoms. The van der Waals surface area contributed by atoms with E-state index in [0.29, 0.717) is 5.02 Å². The minimum atomic E-state index is 0.285. The molecule has 0 aliphatic heterocycles. The van der Waals surface area contributed by atoms with Gasteiger partial charge in [-0.2, -0.15) is 0 Å². The predicted octanol–water partition coefficient (Wildman–Crippen LogP) is 6.16. The topological polar surface area (TPSA) is 32.6 Å². The molecule has 1 N–H and O–H groups in total. The smallest absolute Gasteiger partial charge is 0.142 e. The highest BCUT2D eigenvalue weighted by Crippen LogP contribution is 2.36. The first-order valence-electron chi connectivity index (χ1n) is 7.16. The Morgan fingerprint density at radius 1 is 0.870 bits per heavy atom. The number of fused-ring (bicyclic) bond motifs is 2. The number of halogens is 1. The Hall–Kier alpha value is -2.36. The largest absolute Gasteiger partial charge is 0.506 e. The zero-order valence-electron chi connectivity index (χ0n) is 12.0. The van der Waals surface area contributed by atoms with E-state index in [-0.39, 0.29) is 5.75 Å². The second-order valence-electron chi connectivity index (χ2n) is 5.18. The van der Waals surface area contributed by atoms with Crippen molar-refractivity contribution >= 4 is 55.7 Å². The lowest BCUT2D eigenvalue weighted by molar-refractivity contribution is 0.483. The summed E-state index contributed by atoms with van der Waals surface area (Å²) in [4.78, 5) is 5.32. The van der Waals surface area contributed by atoms with Gasteiger partial charge in [0.15, 0.2) is 0 Å². The quantitative estimate of drug-likeness (QED) is 0.436. The molecule has 1 heterocycles. The minimum Gasteiger partial charge on any atom is -0.506 e. The molecule has 23 heavy (non-hydrogen) atoms. The molecule has 4 aromatic rings. The van der Waals surface area contributed by atoms with E-state index in [0.717, 1.165) is 31.4 Å². The molecule has 0 radical (unpaired) electrons. The van der Waals surface area contributed by atoms with Crippen LogP contribution in [0.3, 0.4) is 0 Å². The summed E-state index contributed by atoms with van der Waals surface area (Å²) in [5.41, 5.74) is 0.835. The highest BCUT2D eigenvalue weighted by Gasteiger charge is 2.09. The standard InChI is InChI=1S/C19H12ClNOS/c20-15-9-10-16(13-6-2-1-5-12(13)15)21-11-18-19(22)14-7-3-4-8-17(14)23-18/h1-11,22H. The molecule has 3 aromatic carbocycles. The van der Waals surface area contributed by atoms with Crippen molar-refractivity contribution in [3.8, 4) is 5.75 Å². The number of thiophene rings is 1. The van der Waals surface area contributed by atoms with Crippen LogP contribution in [0.15, 0.2) is 65.7 Å². The molecule has 0 atom stereocenters. The molecule has 0 unspecified atom stereocenters. The number of rotatable bonds is 2. The lowest BCUT2D eigenvalue weighted by atomic mass is 10.1. The number of hydrogen-bond acceptors (Lipinski definition) is 3. The maximum Gasteiger partial charge on any atom is 0.142 e. The van der Waals surface area contributed by atoms with Gasteiger partial charge in [0.2, 0.25) is 0 Å². The molecule has 0 aliphatic carbocycles. The van der Waals surface area contributed by atoms with Crippen molar-refractivity contribution in [1.82, 2.24) is 0 Å². The Morgan fingerprint density at radius 3 is 2.35 bits per heavy atom. The molecule has 0 aliphatic rings. The SMILES string of the molecule is Oc1c(C=Nc2ccc(Cl)c3ccccc23)sc2ccccc12. The summed E-state index contributed by atoms with van der Waals surface area (Å²) in [6, 6.07) is 19.4. The first-order chi connectivity index (χ1) is 11.2. The summed E-state index contributed by atoms with van der Waals surface area (Å²) in [5, 5.41) is 13.9. The summed E-state index contributed by atoms with van der Waals surface area (Å²) in [6.07, 6.45) is 1.72. The minimum absolute atomic E-state index is 0.285. The van der Waals surface area contributed by atoms with Crippen LogP contribution in [0.2, 0.25) is 5.02 Å². The van der Waals surface area contributed by atoms with E-state index in [4.69, 9.17) is 11.6 Å². The number of hydrogen-bond donors (Lipinski definition) is 1. The van der Waals surface area contributed by atoms with Gasteiger partial charge >= 0.3 is 0 Å². The van der Waals surface area contributed by atoms with Crippen molar-refractivity contribution in [2.75, 3.05) is 0 Å². The summed E-state index contributed by atoms with van der Waals surface area (Å²) < 4.78 is 1.05. The molecule has 0 saturated carbocycles. The van der Waals surface area contributed by atoms with Crippen molar-refractivity contribution in [1.29, 1.82) is 0 Å². The van der Waals surface area contributed by atoms with Crippen molar-refractivity contribution in [2.45, 2.75) is 0 Å². The molecule has 0 amide bonds. The van der Waals surface area contributed by atoms with E-state index in [2.05, 4.69) is 4.99 Å². The van der Waals surface area contributed by atoms with Gasteiger partial charge in [-0.15, -0.1) is 11.3 Å². The van der Waals surface area contributed by atoms with Crippen LogP contribution in [0.4, 0.5) is 5.69 Å². The Morgan fingerprint density at radius 2 is 1.57 bits per heavy atom. The average Bonchev–Trinajstić information content (AvgIpc) is 2.91. The number of benzene rings is 3. The van der Waals surface area contributed by atoms with Gasteiger partial charge in [-0.3, -0.25) is 4.99 Å². The fraction of sp³-hybridized carbons (Fsp3) is 0. The van der Waals surface area contributed by atoms with Crippen LogP contribution < -0.4 is 0 Å². The van der Waals surface area contributed by atoms with E-state index in [1.807, 2.05) is 60.7 Å². The van der Waals surface area contributed by atoms with Crippen LogP contribution in [-0.2, 0) is 0 Å². The van der Waals surface area contributed by atoms with E-state index in [9.17, 15) is 5.11 Å². The zero-order valence-corrected chi connectivity index (χ0v) is 13.6. The van der Waals surface area contributed by atoms with Gasteiger partial charge in [-0.25, -0.2) is 0 Å². The third-order valence-electron chi connectivity index (χ3n) is 3.76. The summed E-state index contributed by atoms with van der Waals surface area (Å²) in [5.74, 6) is 0.285. The molecular weight excluding hydrogens is 326 g/mol. The lowest BCUT2D eigenvalue weighted by Gasteiger charge is -2.03. The van der Waals surface area contributed by atoms with Crippen molar-refractivity contribution in [2.24, 2.45) is 4.99 Å². The van der Waals surface area contributed by atoms with Gasteiger partial charge in [0.1, 0.15) is 5.75 Å². The molecule has 0 fully saturated rings. The normalized spacial score (nSPS) is 11.7. The van der Waals surface area contributed by atoms with E-state index in [1.54, 1.807) is 6.21 Å². The van der Waals surface area contributed by atoms with Gasteiger partial charge in [0.25, 0.3) is 0 Å². The Balaban J connectivity index is 1.82. The molecular formula is C19H12ClNOS. The van der Waals surface area contributed by atoms with Crippen molar-refractivity contribution in [3.05, 3.63) is 70.6 Å². The summed E-state index contributed by atoms with van der Waals surface area (Å²) in [6.45, 7) is 0. The van der Waals surface area contributed by atoms with E-state index < -0.39 is 0 Å². The average molecular weight is 338 g/mol. The van der Waals surface area contributed by atoms with Gasteiger partial charge in [0.05, 0.1) is 10.6 Å². The molecule has 4 rings (SSSR count). The maximum absolute atomic E-state index is 10.3. The third kappa shape index (κ3) is 2.48. The predicted molar refractivity (Wildman–Crippen MR) is 99.7 cm³/mol. The first-order valence-corrected chi connectivity index (χ1v) is 8.35. The van der Waals surface area contributed by atoms with Gasteiger partial charge in [-0.1, -0.05) is 48.0 Å². The number of aliphatic imine (C=N–C) groups is 1. The Labute approximate surface area is 142 Å². The fourth-order valence-electron chi connectivity index (χ4n) is 2.63. The second-order valence-corrected chi connectivity index (χ2v) is 6.67. The lowest BCUT2D eigenvalue weighted by Crippen LogP contribution is -1.78.